The zero-order valence-electron chi connectivity index (χ0n) is 10.3. The molecule has 1 aliphatic heterocycles. The van der Waals surface area contributed by atoms with Crippen LogP contribution in [0.15, 0.2) is 23.1 Å². The Bertz CT molecular complexity index is 522. The maximum Gasteiger partial charge on any atom is 0.265 e. The Hall–Kier alpha value is -1.31. The molecule has 0 amide bonds. The number of nitrogens with zero attached hydrogens (tertiary/aromatic N) is 1. The molecule has 1 aromatic carbocycles. The summed E-state index contributed by atoms with van der Waals surface area (Å²) in [5, 5.41) is 0. The smallest absolute Gasteiger partial charge is 0.265 e. The molecule has 0 atom stereocenters. The Morgan fingerprint density at radius 3 is 2.50 bits per heavy atom. The normalized spacial score (nSPS) is 16.8. The number of methoxy groups -OCH3 is 2. The first-order valence-electron chi connectivity index (χ1n) is 5.47. The molecule has 2 rings (SSSR count). The maximum absolute atomic E-state index is 12.2. The van der Waals surface area contributed by atoms with E-state index in [1.165, 1.54) is 26.4 Å². The van der Waals surface area contributed by atoms with Crippen LogP contribution in [-0.4, -0.2) is 40.3 Å². The van der Waals surface area contributed by atoms with Crippen molar-refractivity contribution in [3.05, 3.63) is 18.2 Å². The van der Waals surface area contributed by atoms with Crippen LogP contribution in [-0.2, 0) is 14.9 Å². The van der Waals surface area contributed by atoms with Crippen molar-refractivity contribution in [3.8, 4) is 11.5 Å². The third kappa shape index (κ3) is 2.29. The lowest BCUT2D eigenvalue weighted by Crippen LogP contribution is -2.26. The van der Waals surface area contributed by atoms with E-state index >= 15 is 0 Å². The van der Waals surface area contributed by atoms with Crippen LogP contribution < -0.4 is 9.47 Å². The zero-order chi connectivity index (χ0) is 13.2. The zero-order valence-corrected chi connectivity index (χ0v) is 11.1. The molecular formula is C11H15NO5S. The Kier molecular flexibility index (Phi) is 3.74. The van der Waals surface area contributed by atoms with Crippen LogP contribution in [0.4, 0.5) is 0 Å². The van der Waals surface area contributed by atoms with E-state index in [1.54, 1.807) is 6.07 Å². The Morgan fingerprint density at radius 2 is 1.94 bits per heavy atom. The number of hydroxylamine groups is 1. The van der Waals surface area contributed by atoms with Crippen LogP contribution >= 0.6 is 0 Å². The molecule has 1 fully saturated rings. The molecule has 0 spiro atoms. The molecule has 0 N–H and O–H groups in total. The van der Waals surface area contributed by atoms with E-state index < -0.39 is 10.0 Å². The van der Waals surface area contributed by atoms with Gasteiger partial charge in [-0.2, -0.15) is 0 Å². The molecule has 1 aliphatic rings. The highest BCUT2D eigenvalue weighted by atomic mass is 32.2. The SMILES string of the molecule is COc1ccc(S(=O)(=O)N2CCCO2)cc1OC. The summed E-state index contributed by atoms with van der Waals surface area (Å²) in [4.78, 5) is 5.20. The van der Waals surface area contributed by atoms with Gasteiger partial charge in [0.1, 0.15) is 0 Å². The van der Waals surface area contributed by atoms with Crippen LogP contribution in [0, 0.1) is 0 Å². The predicted molar refractivity (Wildman–Crippen MR) is 64.0 cm³/mol. The molecule has 0 aromatic heterocycles. The highest BCUT2D eigenvalue weighted by Gasteiger charge is 2.29. The molecular weight excluding hydrogens is 258 g/mol. The maximum atomic E-state index is 12.2. The van der Waals surface area contributed by atoms with Crippen LogP contribution in [0.5, 0.6) is 11.5 Å². The van der Waals surface area contributed by atoms with Crippen molar-refractivity contribution in [2.75, 3.05) is 27.4 Å². The Morgan fingerprint density at radius 1 is 1.22 bits per heavy atom. The number of hydrogen-bond donors (Lipinski definition) is 0. The third-order valence-electron chi connectivity index (χ3n) is 2.64. The van der Waals surface area contributed by atoms with Gasteiger partial charge in [-0.3, -0.25) is 4.84 Å². The lowest BCUT2D eigenvalue weighted by Gasteiger charge is -2.15. The first-order chi connectivity index (χ1) is 8.59. The highest BCUT2D eigenvalue weighted by Crippen LogP contribution is 2.31. The summed E-state index contributed by atoms with van der Waals surface area (Å²) < 4.78 is 35.6. The van der Waals surface area contributed by atoms with Gasteiger partial charge in [-0.25, -0.2) is 8.42 Å². The second-order valence-corrected chi connectivity index (χ2v) is 5.56. The van der Waals surface area contributed by atoms with Crippen molar-refractivity contribution in [2.24, 2.45) is 0 Å². The Balaban J connectivity index is 2.38. The first kappa shape index (κ1) is 13.1. The average molecular weight is 273 g/mol. The minimum absolute atomic E-state index is 0.127. The van der Waals surface area contributed by atoms with E-state index in [-0.39, 0.29) is 4.90 Å². The van der Waals surface area contributed by atoms with E-state index in [4.69, 9.17) is 14.3 Å². The van der Waals surface area contributed by atoms with Crippen LogP contribution in [0.3, 0.4) is 0 Å². The van der Waals surface area contributed by atoms with Gasteiger partial charge in [0.15, 0.2) is 11.5 Å². The summed E-state index contributed by atoms with van der Waals surface area (Å²) in [6.07, 6.45) is 0.701. The molecule has 1 saturated heterocycles. The van der Waals surface area contributed by atoms with Gasteiger partial charge in [0, 0.05) is 12.6 Å². The molecule has 0 unspecified atom stereocenters. The van der Waals surface area contributed by atoms with Crippen LogP contribution in [0.1, 0.15) is 6.42 Å². The summed E-state index contributed by atoms with van der Waals surface area (Å²) in [5.74, 6) is 0.858. The predicted octanol–water partition coefficient (Wildman–Crippen LogP) is 1.03. The summed E-state index contributed by atoms with van der Waals surface area (Å²) in [6.45, 7) is 0.795. The topological polar surface area (TPSA) is 65.1 Å². The van der Waals surface area contributed by atoms with Crippen molar-refractivity contribution in [2.45, 2.75) is 11.3 Å². The van der Waals surface area contributed by atoms with Crippen molar-refractivity contribution in [1.29, 1.82) is 0 Å². The molecule has 0 bridgehead atoms. The third-order valence-corrected chi connectivity index (χ3v) is 4.32. The van der Waals surface area contributed by atoms with Crippen molar-refractivity contribution in [1.82, 2.24) is 4.47 Å². The standard InChI is InChI=1S/C11H15NO5S/c1-15-10-5-4-9(8-11(10)16-2)18(13,14)12-6-3-7-17-12/h4-5,8H,3,6-7H2,1-2H3. The van der Waals surface area contributed by atoms with Gasteiger partial charge in [0.2, 0.25) is 0 Å². The van der Waals surface area contributed by atoms with E-state index in [2.05, 4.69) is 0 Å². The number of ether oxygens (including phenoxy) is 2. The molecule has 1 aromatic rings. The van der Waals surface area contributed by atoms with Crippen LogP contribution in [0.25, 0.3) is 0 Å². The van der Waals surface area contributed by atoms with E-state index in [9.17, 15) is 8.42 Å². The summed E-state index contributed by atoms with van der Waals surface area (Å²) >= 11 is 0. The second-order valence-electron chi connectivity index (χ2n) is 3.73. The number of benzene rings is 1. The van der Waals surface area contributed by atoms with Crippen molar-refractivity contribution < 1.29 is 22.7 Å². The van der Waals surface area contributed by atoms with Gasteiger partial charge in [-0.1, -0.05) is 4.47 Å². The summed E-state index contributed by atoms with van der Waals surface area (Å²) in [5.41, 5.74) is 0. The minimum atomic E-state index is -3.62. The van der Waals surface area contributed by atoms with Gasteiger partial charge in [0.25, 0.3) is 10.0 Å². The number of hydrogen-bond acceptors (Lipinski definition) is 5. The minimum Gasteiger partial charge on any atom is -0.493 e. The molecule has 0 radical (unpaired) electrons. The fourth-order valence-electron chi connectivity index (χ4n) is 1.71. The van der Waals surface area contributed by atoms with E-state index in [0.717, 1.165) is 4.47 Å². The van der Waals surface area contributed by atoms with Gasteiger partial charge in [-0.05, 0) is 18.6 Å². The van der Waals surface area contributed by atoms with Gasteiger partial charge in [0.05, 0.1) is 25.7 Å². The molecule has 0 saturated carbocycles. The molecule has 1 heterocycles. The summed E-state index contributed by atoms with van der Waals surface area (Å²) in [6, 6.07) is 4.45. The van der Waals surface area contributed by atoms with Gasteiger partial charge < -0.3 is 9.47 Å². The fourth-order valence-corrected chi connectivity index (χ4v) is 3.02. The summed E-state index contributed by atoms with van der Waals surface area (Å²) in [7, 11) is -0.666. The Labute approximate surface area is 106 Å². The number of sulfonamides is 1. The molecule has 6 nitrogen and oxygen atoms in total. The molecule has 100 valence electrons. The number of rotatable bonds is 4. The lowest BCUT2D eigenvalue weighted by molar-refractivity contribution is -0.0284. The lowest BCUT2D eigenvalue weighted by atomic mass is 10.3. The second kappa shape index (κ2) is 5.13. The van der Waals surface area contributed by atoms with E-state index in [0.29, 0.717) is 31.1 Å². The van der Waals surface area contributed by atoms with E-state index in [1.807, 2.05) is 0 Å². The first-order valence-corrected chi connectivity index (χ1v) is 6.91. The van der Waals surface area contributed by atoms with Crippen molar-refractivity contribution >= 4 is 10.0 Å². The average Bonchev–Trinajstić information content (AvgIpc) is 2.92. The molecule has 0 aliphatic carbocycles. The fraction of sp³-hybridized carbons (Fsp3) is 0.455. The molecule has 18 heavy (non-hydrogen) atoms. The quantitative estimate of drug-likeness (QED) is 0.819. The largest absolute Gasteiger partial charge is 0.493 e. The monoisotopic (exact) mass is 273 g/mol. The van der Waals surface area contributed by atoms with Gasteiger partial charge >= 0.3 is 0 Å². The van der Waals surface area contributed by atoms with Crippen LogP contribution in [0.2, 0.25) is 0 Å². The highest BCUT2D eigenvalue weighted by molar-refractivity contribution is 7.89. The van der Waals surface area contributed by atoms with Gasteiger partial charge in [-0.15, -0.1) is 0 Å². The molecule has 7 heteroatoms. The van der Waals surface area contributed by atoms with Crippen molar-refractivity contribution in [3.63, 3.8) is 0 Å².